The minimum atomic E-state index is -4.99. The Balaban J connectivity index is 5.37. The number of allylic oxidation sites excluding steroid dienone is 16. The van der Waals surface area contributed by atoms with E-state index >= 15 is 0 Å². The highest BCUT2D eigenvalue weighted by atomic mass is 31.2. The van der Waals surface area contributed by atoms with Crippen molar-refractivity contribution < 1.29 is 80.2 Å². The molecule has 0 saturated heterocycles. The number of hydrogen-bond donors (Lipinski definition) is 3. The first-order valence-corrected chi connectivity index (χ1v) is 45.5. The first-order chi connectivity index (χ1) is 51.7. The lowest BCUT2D eigenvalue weighted by molar-refractivity contribution is -0.161. The van der Waals surface area contributed by atoms with Crippen molar-refractivity contribution in [1.82, 2.24) is 0 Å². The first kappa shape index (κ1) is 102. The molecule has 0 aliphatic rings. The maximum atomic E-state index is 13.1. The molecule has 0 aliphatic carbocycles. The molecule has 0 spiro atoms. The number of phosphoric acid groups is 2. The van der Waals surface area contributed by atoms with E-state index in [-0.39, 0.29) is 25.7 Å². The highest BCUT2D eigenvalue weighted by molar-refractivity contribution is 7.47. The van der Waals surface area contributed by atoms with Crippen LogP contribution in [0, 0.1) is 0 Å². The molecule has 614 valence electrons. The Hall–Kier alpha value is -4.02. The molecule has 0 aliphatic heterocycles. The summed E-state index contributed by atoms with van der Waals surface area (Å²) in [4.78, 5) is 73.2. The van der Waals surface area contributed by atoms with Crippen LogP contribution < -0.4 is 0 Å². The minimum Gasteiger partial charge on any atom is -0.462 e. The van der Waals surface area contributed by atoms with Crippen molar-refractivity contribution in [2.24, 2.45) is 0 Å². The molecule has 0 aromatic carbocycles. The van der Waals surface area contributed by atoms with Gasteiger partial charge in [0, 0.05) is 25.7 Å². The maximum Gasteiger partial charge on any atom is 0.472 e. The molecular formula is C87H154O17P2. The minimum absolute atomic E-state index is 0.0809. The molecule has 3 N–H and O–H groups in total. The summed E-state index contributed by atoms with van der Waals surface area (Å²) < 4.78 is 68.8. The van der Waals surface area contributed by atoms with Crippen LogP contribution >= 0.6 is 15.6 Å². The summed E-state index contributed by atoms with van der Waals surface area (Å²) in [6, 6.07) is 0. The Morgan fingerprint density at radius 2 is 0.491 bits per heavy atom. The Labute approximate surface area is 646 Å². The van der Waals surface area contributed by atoms with Gasteiger partial charge in [-0.15, -0.1) is 0 Å². The second-order valence-electron chi connectivity index (χ2n) is 28.4. The molecule has 0 heterocycles. The third kappa shape index (κ3) is 78.1. The zero-order valence-electron chi connectivity index (χ0n) is 67.3. The van der Waals surface area contributed by atoms with Crippen molar-refractivity contribution in [3.8, 4) is 0 Å². The average Bonchev–Trinajstić information content (AvgIpc) is 0.907. The van der Waals surface area contributed by atoms with Crippen molar-refractivity contribution in [1.29, 1.82) is 0 Å². The third-order valence-corrected chi connectivity index (χ3v) is 19.9. The fourth-order valence-corrected chi connectivity index (χ4v) is 13.1. The molecule has 0 radical (unpaired) electrons. The summed E-state index contributed by atoms with van der Waals surface area (Å²) in [5.74, 6) is -2.19. The van der Waals surface area contributed by atoms with E-state index in [0.29, 0.717) is 25.7 Å². The second-order valence-corrected chi connectivity index (χ2v) is 31.3. The summed E-state index contributed by atoms with van der Waals surface area (Å²) in [5.41, 5.74) is 0. The lowest BCUT2D eigenvalue weighted by atomic mass is 10.0. The van der Waals surface area contributed by atoms with Crippen LogP contribution in [0.25, 0.3) is 0 Å². The van der Waals surface area contributed by atoms with Crippen molar-refractivity contribution in [3.63, 3.8) is 0 Å². The molecule has 0 aromatic rings. The van der Waals surface area contributed by atoms with Crippen molar-refractivity contribution in [3.05, 3.63) is 97.2 Å². The van der Waals surface area contributed by atoms with Crippen LogP contribution in [0.15, 0.2) is 97.2 Å². The van der Waals surface area contributed by atoms with Gasteiger partial charge in [-0.1, -0.05) is 318 Å². The number of carbonyl (C=O) groups excluding carboxylic acids is 4. The SMILES string of the molecule is CC/C=C\C/C=C\C/C=C\CCCCCCCCCC(=O)OC(COC(=O)CCCCCCCC/C=C\C/C=C\C/C=C\CCCCC)COP(=O)(O)OCC(O)COP(=O)(O)OCC(COC(=O)CCCCCCC/C=C\C/C=C\CCCCC)OC(=O)CCCCCCCCCCCCCCCCC. The summed E-state index contributed by atoms with van der Waals surface area (Å²) in [6.07, 6.45) is 85.0. The van der Waals surface area contributed by atoms with E-state index in [4.69, 9.17) is 37.0 Å². The van der Waals surface area contributed by atoms with Crippen LogP contribution in [0.5, 0.6) is 0 Å². The topological polar surface area (TPSA) is 237 Å². The predicted octanol–water partition coefficient (Wildman–Crippen LogP) is 25.1. The Bertz CT molecular complexity index is 2380. The number of ether oxygens (including phenoxy) is 4. The Kier molecular flexibility index (Phi) is 76.1. The molecular weight excluding hydrogens is 1380 g/mol. The second kappa shape index (κ2) is 79.1. The third-order valence-electron chi connectivity index (χ3n) is 18.0. The van der Waals surface area contributed by atoms with Crippen molar-refractivity contribution >= 4 is 39.5 Å². The summed E-state index contributed by atoms with van der Waals surface area (Å²) in [6.45, 7) is 4.75. The molecule has 19 heteroatoms. The number of esters is 4. The smallest absolute Gasteiger partial charge is 0.462 e. The molecule has 0 fully saturated rings. The number of unbranched alkanes of at least 4 members (excludes halogenated alkanes) is 38. The quantitative estimate of drug-likeness (QED) is 0.0169. The van der Waals surface area contributed by atoms with Crippen molar-refractivity contribution in [2.75, 3.05) is 39.6 Å². The molecule has 0 amide bonds. The van der Waals surface area contributed by atoms with Gasteiger partial charge in [0.2, 0.25) is 0 Å². The van der Waals surface area contributed by atoms with E-state index in [2.05, 4.69) is 125 Å². The van der Waals surface area contributed by atoms with E-state index in [1.54, 1.807) is 0 Å². The standard InChI is InChI=1S/C87H154O17P2/c1-5-9-13-17-21-25-29-33-37-39-40-42-45-48-52-56-60-64-68-72-85(90)98-78-83(104-87(92)74-70-66-62-58-54-50-46-41-38-34-30-26-22-18-14-10-6-2)80-102-106(95,96)100-76-81(88)75-99-105(93,94)101-79-82(103-86(91)73-69-65-61-57-53-49-44-36-32-28-24-20-16-12-8-4)77-97-84(89)71-67-63-59-55-51-47-43-35-31-27-23-19-15-11-7-3/h10,14,21-23,25-27,33-35,37-38,40,42-43,81-83,88H,5-9,11-13,15-20,24,28-32,36,39,41,44-80H2,1-4H3,(H,93,94)(H,95,96)/b14-10-,25-21-,26-22-,27-23-,37-33-,38-34-,42-40-,43-35-. The zero-order valence-corrected chi connectivity index (χ0v) is 69.1. The van der Waals surface area contributed by atoms with Gasteiger partial charge in [-0.2, -0.15) is 0 Å². The maximum absolute atomic E-state index is 13.1. The molecule has 17 nitrogen and oxygen atoms in total. The van der Waals surface area contributed by atoms with E-state index in [9.17, 15) is 43.2 Å². The van der Waals surface area contributed by atoms with E-state index in [1.165, 1.54) is 103 Å². The van der Waals surface area contributed by atoms with Gasteiger partial charge in [-0.3, -0.25) is 37.3 Å². The highest BCUT2D eigenvalue weighted by Crippen LogP contribution is 2.45. The lowest BCUT2D eigenvalue weighted by Crippen LogP contribution is -2.30. The molecule has 0 rings (SSSR count). The molecule has 106 heavy (non-hydrogen) atoms. The van der Waals surface area contributed by atoms with Gasteiger partial charge in [-0.05, 0) is 128 Å². The van der Waals surface area contributed by atoms with Crippen LogP contribution in [0.4, 0.5) is 0 Å². The van der Waals surface area contributed by atoms with Gasteiger partial charge in [-0.25, -0.2) is 9.13 Å². The van der Waals surface area contributed by atoms with Gasteiger partial charge in [0.15, 0.2) is 12.2 Å². The van der Waals surface area contributed by atoms with Crippen LogP contribution in [0.1, 0.15) is 374 Å². The number of phosphoric ester groups is 2. The monoisotopic (exact) mass is 1530 g/mol. The van der Waals surface area contributed by atoms with E-state index < -0.39 is 97.5 Å². The molecule has 0 saturated carbocycles. The van der Waals surface area contributed by atoms with Crippen LogP contribution in [-0.2, 0) is 65.4 Å². The predicted molar refractivity (Wildman–Crippen MR) is 436 cm³/mol. The van der Waals surface area contributed by atoms with Gasteiger partial charge in [0.1, 0.15) is 19.3 Å². The zero-order chi connectivity index (χ0) is 77.4. The van der Waals surface area contributed by atoms with Crippen LogP contribution in [0.3, 0.4) is 0 Å². The van der Waals surface area contributed by atoms with Gasteiger partial charge in [0.25, 0.3) is 0 Å². The Morgan fingerprint density at radius 3 is 0.774 bits per heavy atom. The van der Waals surface area contributed by atoms with Crippen LogP contribution in [0.2, 0.25) is 0 Å². The first-order valence-electron chi connectivity index (χ1n) is 42.5. The number of carbonyl (C=O) groups is 4. The largest absolute Gasteiger partial charge is 0.472 e. The fraction of sp³-hybridized carbons (Fsp3) is 0.770. The lowest BCUT2D eigenvalue weighted by Gasteiger charge is -2.21. The normalized spacial score (nSPS) is 14.3. The Morgan fingerprint density at radius 1 is 0.274 bits per heavy atom. The molecule has 5 atom stereocenters. The number of rotatable bonds is 80. The van der Waals surface area contributed by atoms with Crippen LogP contribution in [-0.4, -0.2) is 96.7 Å². The van der Waals surface area contributed by atoms with Gasteiger partial charge < -0.3 is 33.8 Å². The highest BCUT2D eigenvalue weighted by Gasteiger charge is 2.30. The summed E-state index contributed by atoms with van der Waals surface area (Å²) in [7, 11) is -9.97. The number of aliphatic hydroxyl groups is 1. The summed E-state index contributed by atoms with van der Waals surface area (Å²) >= 11 is 0. The number of hydrogen-bond acceptors (Lipinski definition) is 15. The molecule has 5 unspecified atom stereocenters. The summed E-state index contributed by atoms with van der Waals surface area (Å²) in [5, 5.41) is 10.7. The van der Waals surface area contributed by atoms with E-state index in [0.717, 1.165) is 193 Å². The fourth-order valence-electron chi connectivity index (χ4n) is 11.6. The van der Waals surface area contributed by atoms with Gasteiger partial charge in [0.05, 0.1) is 26.4 Å². The van der Waals surface area contributed by atoms with E-state index in [1.807, 2.05) is 0 Å². The van der Waals surface area contributed by atoms with Gasteiger partial charge >= 0.3 is 39.5 Å². The number of aliphatic hydroxyl groups excluding tert-OH is 1. The van der Waals surface area contributed by atoms with Crippen molar-refractivity contribution in [2.45, 2.75) is 393 Å². The molecule has 0 bridgehead atoms. The molecule has 0 aromatic heterocycles. The average molecular weight is 1530 g/mol.